The second-order valence-electron chi connectivity index (χ2n) is 12.2. The summed E-state index contributed by atoms with van der Waals surface area (Å²) >= 11 is 0. The molecule has 240 valence electrons. The first-order chi connectivity index (χ1) is 19.9. The third-order valence-corrected chi connectivity index (χ3v) is 17.2. The lowest BCUT2D eigenvalue weighted by Crippen LogP contribution is -2.32. The Bertz CT molecular complexity index is 472. The van der Waals surface area contributed by atoms with Crippen LogP contribution in [0.3, 0.4) is 0 Å². The highest BCUT2D eigenvalue weighted by molar-refractivity contribution is 6.59. The Morgan fingerprint density at radius 2 is 0.575 bits per heavy atom. The minimum absolute atomic E-state index is 0.803. The van der Waals surface area contributed by atoms with Gasteiger partial charge in [-0.1, -0.05) is 187 Å². The lowest BCUT2D eigenvalue weighted by Gasteiger charge is -2.19. The van der Waals surface area contributed by atoms with Crippen molar-refractivity contribution in [3.8, 4) is 0 Å². The minimum Gasteiger partial charge on any atom is -0.425 e. The van der Waals surface area contributed by atoms with Crippen LogP contribution >= 0.6 is 0 Å². The van der Waals surface area contributed by atoms with Crippen LogP contribution in [-0.4, -0.2) is 49.3 Å². The van der Waals surface area contributed by atoms with Crippen LogP contribution in [0.2, 0.25) is 6.04 Å². The van der Waals surface area contributed by atoms with Gasteiger partial charge < -0.3 is 20.6 Å². The van der Waals surface area contributed by atoms with Crippen molar-refractivity contribution in [2.75, 3.05) is 0 Å². The SMILES string of the molecule is CCCCCCCCCCCCCCCCCCCCCCCCCCCCCC[SiH]1O[SiH2]O[SiH2]O[SiH2]O[SiH2]O1. The van der Waals surface area contributed by atoms with Crippen LogP contribution in [0.1, 0.15) is 187 Å². The van der Waals surface area contributed by atoms with E-state index in [1.807, 2.05) is 0 Å². The zero-order chi connectivity index (χ0) is 28.4. The minimum atomic E-state index is -1.49. The van der Waals surface area contributed by atoms with E-state index in [4.69, 9.17) is 20.6 Å². The first-order valence-electron chi connectivity index (χ1n) is 17.9. The van der Waals surface area contributed by atoms with Gasteiger partial charge in [-0.25, -0.2) is 0 Å². The Kier molecular flexibility index (Phi) is 33.4. The standard InChI is InChI=1S/C30H70O5Si5/c1-2-3-4-5-6-7-8-9-10-11-12-13-14-15-16-17-18-19-20-21-22-23-24-25-26-27-28-29-30-40-34-38-32-36-31-37-33-39-35-40/h40H,2-30,36-39H2,1H3. The summed E-state index contributed by atoms with van der Waals surface area (Å²) in [5.74, 6) is 0. The molecule has 0 radical (unpaired) electrons. The lowest BCUT2D eigenvalue weighted by molar-refractivity contribution is 0.330. The fraction of sp³-hybridized carbons (Fsp3) is 1.00. The molecule has 0 bridgehead atoms. The third kappa shape index (κ3) is 30.3. The fourth-order valence-electron chi connectivity index (χ4n) is 5.66. The summed E-state index contributed by atoms with van der Waals surface area (Å²) in [5.41, 5.74) is 0. The van der Waals surface area contributed by atoms with Crippen molar-refractivity contribution in [1.82, 2.24) is 0 Å². The van der Waals surface area contributed by atoms with E-state index in [1.165, 1.54) is 180 Å². The number of hydrogen-bond donors (Lipinski definition) is 0. The molecule has 1 aliphatic rings. The molecule has 0 atom stereocenters. The number of hydrogen-bond acceptors (Lipinski definition) is 5. The first kappa shape index (κ1) is 38.9. The van der Waals surface area contributed by atoms with Crippen molar-refractivity contribution in [1.29, 1.82) is 0 Å². The molecule has 0 aliphatic carbocycles. The van der Waals surface area contributed by atoms with Crippen molar-refractivity contribution in [3.05, 3.63) is 0 Å². The quantitative estimate of drug-likeness (QED) is 0.0631. The first-order valence-corrected chi connectivity index (χ1v) is 24.3. The topological polar surface area (TPSA) is 46.2 Å². The molecule has 0 amide bonds. The predicted molar refractivity (Wildman–Crippen MR) is 187 cm³/mol. The summed E-state index contributed by atoms with van der Waals surface area (Å²) in [6, 6.07) is 1.14. The second kappa shape index (κ2) is 34.4. The van der Waals surface area contributed by atoms with Crippen molar-refractivity contribution in [2.45, 2.75) is 193 Å². The van der Waals surface area contributed by atoms with E-state index in [1.54, 1.807) is 0 Å². The van der Waals surface area contributed by atoms with Crippen LogP contribution in [0.15, 0.2) is 0 Å². The summed E-state index contributed by atoms with van der Waals surface area (Å²) in [7, 11) is -4.79. The average Bonchev–Trinajstić information content (AvgIpc) is 2.97. The van der Waals surface area contributed by atoms with Gasteiger partial charge in [0, 0.05) is 0 Å². The second-order valence-corrected chi connectivity index (χ2v) is 22.1. The van der Waals surface area contributed by atoms with Gasteiger partial charge in [-0.15, -0.1) is 0 Å². The molecule has 0 N–H and O–H groups in total. The maximum Gasteiger partial charge on any atom is 0.303 e. The Balaban J connectivity index is 1.67. The van der Waals surface area contributed by atoms with Crippen LogP contribution < -0.4 is 0 Å². The molecule has 0 spiro atoms. The summed E-state index contributed by atoms with van der Waals surface area (Å²) < 4.78 is 28.4. The van der Waals surface area contributed by atoms with E-state index in [-0.39, 0.29) is 0 Å². The largest absolute Gasteiger partial charge is 0.425 e. The average molecular weight is 651 g/mol. The van der Waals surface area contributed by atoms with E-state index < -0.39 is 49.3 Å². The molecule has 5 nitrogen and oxygen atoms in total. The van der Waals surface area contributed by atoms with E-state index in [0.717, 1.165) is 6.04 Å². The Morgan fingerprint density at radius 3 is 0.875 bits per heavy atom. The molecule has 0 aromatic rings. The van der Waals surface area contributed by atoms with E-state index in [0.29, 0.717) is 0 Å². The molecule has 0 aromatic carbocycles. The van der Waals surface area contributed by atoms with Gasteiger partial charge in [0.25, 0.3) is 40.0 Å². The van der Waals surface area contributed by atoms with Crippen molar-refractivity contribution in [3.63, 3.8) is 0 Å². The monoisotopic (exact) mass is 650 g/mol. The van der Waals surface area contributed by atoms with Crippen LogP contribution in [0.5, 0.6) is 0 Å². The highest BCUT2D eigenvalue weighted by atomic mass is 28.4. The molecule has 40 heavy (non-hydrogen) atoms. The van der Waals surface area contributed by atoms with Gasteiger partial charge in [0.1, 0.15) is 0 Å². The Hall–Kier alpha value is 0.884. The molecular weight excluding hydrogens is 581 g/mol. The van der Waals surface area contributed by atoms with Gasteiger partial charge in [0.05, 0.1) is 0 Å². The maximum absolute atomic E-state index is 5.94. The van der Waals surface area contributed by atoms with Gasteiger partial charge >= 0.3 is 9.28 Å². The summed E-state index contributed by atoms with van der Waals surface area (Å²) in [5, 5.41) is 0. The van der Waals surface area contributed by atoms with Gasteiger partial charge in [0.2, 0.25) is 0 Å². The Labute approximate surface area is 261 Å². The summed E-state index contributed by atoms with van der Waals surface area (Å²) in [6.07, 6.45) is 40.5. The molecule has 0 aromatic heterocycles. The molecule has 10 heteroatoms. The molecular formula is C30H70O5Si5. The molecule has 0 saturated carbocycles. The zero-order valence-electron chi connectivity index (χ0n) is 27.0. The third-order valence-electron chi connectivity index (χ3n) is 8.30. The van der Waals surface area contributed by atoms with Crippen LogP contribution in [0.4, 0.5) is 0 Å². The highest BCUT2D eigenvalue weighted by Crippen LogP contribution is 2.16. The smallest absolute Gasteiger partial charge is 0.303 e. The summed E-state index contributed by atoms with van der Waals surface area (Å²) in [4.78, 5) is 0. The zero-order valence-corrected chi connectivity index (χ0v) is 33.8. The van der Waals surface area contributed by atoms with Crippen LogP contribution in [0, 0.1) is 0 Å². The molecule has 0 unspecified atom stereocenters. The molecule has 1 saturated heterocycles. The van der Waals surface area contributed by atoms with Crippen LogP contribution in [-0.2, 0) is 20.6 Å². The molecule has 1 aliphatic heterocycles. The van der Waals surface area contributed by atoms with Crippen molar-refractivity contribution < 1.29 is 20.6 Å². The van der Waals surface area contributed by atoms with E-state index >= 15 is 0 Å². The Morgan fingerprint density at radius 1 is 0.325 bits per heavy atom. The van der Waals surface area contributed by atoms with E-state index in [9.17, 15) is 0 Å². The predicted octanol–water partition coefficient (Wildman–Crippen LogP) is 7.24. The molecule has 1 heterocycles. The molecule has 1 rings (SSSR count). The van der Waals surface area contributed by atoms with Crippen molar-refractivity contribution in [2.24, 2.45) is 0 Å². The maximum atomic E-state index is 5.94. The van der Waals surface area contributed by atoms with Gasteiger partial charge in [-0.05, 0) is 6.04 Å². The van der Waals surface area contributed by atoms with Gasteiger partial charge in [-0.3, -0.25) is 0 Å². The van der Waals surface area contributed by atoms with Crippen molar-refractivity contribution >= 4 is 49.3 Å². The normalized spacial score (nSPS) is 19.3. The summed E-state index contributed by atoms with van der Waals surface area (Å²) in [6.45, 7) is 2.30. The fourth-order valence-corrected chi connectivity index (χ4v) is 16.5. The number of rotatable bonds is 29. The van der Waals surface area contributed by atoms with Gasteiger partial charge in [0.15, 0.2) is 0 Å². The lowest BCUT2D eigenvalue weighted by atomic mass is 10.0. The van der Waals surface area contributed by atoms with Gasteiger partial charge in [-0.2, -0.15) is 0 Å². The molecule has 1 fully saturated rings. The van der Waals surface area contributed by atoms with E-state index in [2.05, 4.69) is 6.92 Å². The number of unbranched alkanes of at least 4 members (excludes halogenated alkanes) is 27. The highest BCUT2D eigenvalue weighted by Gasteiger charge is 2.14. The van der Waals surface area contributed by atoms with Crippen LogP contribution in [0.25, 0.3) is 0 Å².